The average Bonchev–Trinajstić information content (AvgIpc) is 2.71. The van der Waals surface area contributed by atoms with Crippen molar-refractivity contribution < 1.29 is 14.3 Å². The molecule has 5 nitrogen and oxygen atoms in total. The lowest BCUT2D eigenvalue weighted by Gasteiger charge is -2.31. The van der Waals surface area contributed by atoms with E-state index in [1.54, 1.807) is 4.90 Å². The first-order valence-corrected chi connectivity index (χ1v) is 10.6. The van der Waals surface area contributed by atoms with Crippen LogP contribution >= 0.6 is 0 Å². The molecule has 162 valence electrons. The van der Waals surface area contributed by atoms with Gasteiger partial charge in [-0.3, -0.25) is 9.59 Å². The molecule has 0 heterocycles. The number of carbonyl (C=O) groups excluding carboxylic acids is 2. The van der Waals surface area contributed by atoms with Gasteiger partial charge in [-0.2, -0.15) is 0 Å². The summed E-state index contributed by atoms with van der Waals surface area (Å²) in [5, 5.41) is 2.98. The summed E-state index contributed by atoms with van der Waals surface area (Å²) in [6, 6.07) is 15.0. The van der Waals surface area contributed by atoms with Crippen LogP contribution in [0.3, 0.4) is 0 Å². The molecule has 2 aromatic rings. The molecular weight excluding hydrogens is 376 g/mol. The van der Waals surface area contributed by atoms with Gasteiger partial charge in [0.05, 0.1) is 0 Å². The zero-order chi connectivity index (χ0) is 22.1. The van der Waals surface area contributed by atoms with Crippen LogP contribution in [-0.2, 0) is 16.1 Å². The van der Waals surface area contributed by atoms with Crippen LogP contribution in [0.2, 0.25) is 0 Å². The Bertz CT molecular complexity index is 848. The summed E-state index contributed by atoms with van der Waals surface area (Å²) in [5.41, 5.74) is 3.18. The van der Waals surface area contributed by atoms with Crippen molar-refractivity contribution in [2.24, 2.45) is 5.92 Å². The molecule has 0 fully saturated rings. The molecule has 0 saturated carbocycles. The molecule has 30 heavy (non-hydrogen) atoms. The van der Waals surface area contributed by atoms with Crippen LogP contribution in [-0.4, -0.2) is 35.9 Å². The summed E-state index contributed by atoms with van der Waals surface area (Å²) >= 11 is 0. The molecular formula is C25H34N2O3. The van der Waals surface area contributed by atoms with Crippen molar-refractivity contribution in [1.29, 1.82) is 0 Å². The molecule has 0 bridgehead atoms. The molecule has 0 aliphatic rings. The van der Waals surface area contributed by atoms with Crippen LogP contribution in [0.5, 0.6) is 5.75 Å². The van der Waals surface area contributed by atoms with Gasteiger partial charge in [0, 0.05) is 13.1 Å². The summed E-state index contributed by atoms with van der Waals surface area (Å²) < 4.78 is 5.75. The molecule has 1 N–H and O–H groups in total. The average molecular weight is 411 g/mol. The number of aryl methyl sites for hydroxylation is 2. The fourth-order valence-corrected chi connectivity index (χ4v) is 3.25. The number of hydrogen-bond acceptors (Lipinski definition) is 3. The smallest absolute Gasteiger partial charge is 0.261 e. The van der Waals surface area contributed by atoms with Crippen LogP contribution in [0.15, 0.2) is 48.5 Å². The van der Waals surface area contributed by atoms with Crippen molar-refractivity contribution >= 4 is 11.8 Å². The lowest BCUT2D eigenvalue weighted by Crippen LogP contribution is -2.50. The predicted octanol–water partition coefficient (Wildman–Crippen LogP) is 4.26. The maximum Gasteiger partial charge on any atom is 0.261 e. The second kappa shape index (κ2) is 11.4. The van der Waals surface area contributed by atoms with Gasteiger partial charge >= 0.3 is 0 Å². The van der Waals surface area contributed by atoms with E-state index in [4.69, 9.17) is 4.74 Å². The zero-order valence-corrected chi connectivity index (χ0v) is 18.8. The molecule has 2 rings (SSSR count). The second-order valence-electron chi connectivity index (χ2n) is 8.12. The van der Waals surface area contributed by atoms with Gasteiger partial charge in [-0.1, -0.05) is 57.2 Å². The van der Waals surface area contributed by atoms with E-state index in [0.29, 0.717) is 31.2 Å². The Morgan fingerprint density at radius 1 is 1.07 bits per heavy atom. The van der Waals surface area contributed by atoms with E-state index in [9.17, 15) is 9.59 Å². The van der Waals surface area contributed by atoms with Gasteiger partial charge in [0.1, 0.15) is 11.8 Å². The fourth-order valence-electron chi connectivity index (χ4n) is 3.25. The van der Waals surface area contributed by atoms with E-state index in [2.05, 4.69) is 5.32 Å². The first-order valence-electron chi connectivity index (χ1n) is 10.6. The van der Waals surface area contributed by atoms with E-state index in [1.807, 2.05) is 83.1 Å². The van der Waals surface area contributed by atoms with E-state index < -0.39 is 6.04 Å². The van der Waals surface area contributed by atoms with Gasteiger partial charge < -0.3 is 15.0 Å². The Labute approximate surface area is 180 Å². The molecule has 0 aromatic heterocycles. The lowest BCUT2D eigenvalue weighted by molar-refractivity contribution is -0.143. The summed E-state index contributed by atoms with van der Waals surface area (Å²) in [5.74, 6) is 0.670. The third-order valence-corrected chi connectivity index (χ3v) is 5.02. The maximum atomic E-state index is 13.2. The minimum absolute atomic E-state index is 0.108. The first-order chi connectivity index (χ1) is 14.3. The van der Waals surface area contributed by atoms with E-state index >= 15 is 0 Å². The second-order valence-corrected chi connectivity index (χ2v) is 8.12. The zero-order valence-electron chi connectivity index (χ0n) is 18.8. The van der Waals surface area contributed by atoms with E-state index in [0.717, 1.165) is 16.7 Å². The summed E-state index contributed by atoms with van der Waals surface area (Å²) in [7, 11) is 0. The highest BCUT2D eigenvalue weighted by Gasteiger charge is 2.29. The molecule has 2 aromatic carbocycles. The molecule has 1 atom stereocenters. The minimum Gasteiger partial charge on any atom is -0.484 e. The van der Waals surface area contributed by atoms with Crippen LogP contribution < -0.4 is 10.1 Å². The number of nitrogens with one attached hydrogen (secondary N) is 1. The standard InChI is InChI=1S/C25H34N2O3/c1-6-23(25(29)26-15-18(2)3)27(16-21-12-8-7-11-20(21)5)24(28)17-30-22-13-9-10-19(4)14-22/h7-14,18,23H,6,15-17H2,1-5H3,(H,26,29). The Morgan fingerprint density at radius 3 is 2.43 bits per heavy atom. The molecule has 5 heteroatoms. The van der Waals surface area contributed by atoms with Gasteiger partial charge in [0.15, 0.2) is 6.61 Å². The fraction of sp³-hybridized carbons (Fsp3) is 0.440. The Morgan fingerprint density at radius 2 is 1.80 bits per heavy atom. The maximum absolute atomic E-state index is 13.2. The van der Waals surface area contributed by atoms with Gasteiger partial charge in [-0.25, -0.2) is 0 Å². The topological polar surface area (TPSA) is 58.6 Å². The highest BCUT2D eigenvalue weighted by molar-refractivity contribution is 5.88. The summed E-state index contributed by atoms with van der Waals surface area (Å²) in [4.78, 5) is 27.7. The highest BCUT2D eigenvalue weighted by atomic mass is 16.5. The van der Waals surface area contributed by atoms with Crippen molar-refractivity contribution in [2.45, 2.75) is 53.6 Å². The lowest BCUT2D eigenvalue weighted by atomic mass is 10.1. The third kappa shape index (κ3) is 6.90. The van der Waals surface area contributed by atoms with Gasteiger partial charge in [0.2, 0.25) is 5.91 Å². The van der Waals surface area contributed by atoms with Gasteiger partial charge in [-0.05, 0) is 55.0 Å². The van der Waals surface area contributed by atoms with Crippen molar-refractivity contribution in [1.82, 2.24) is 10.2 Å². The van der Waals surface area contributed by atoms with Crippen LogP contribution in [0.4, 0.5) is 0 Å². The number of rotatable bonds is 10. The molecule has 0 saturated heterocycles. The first kappa shape index (κ1) is 23.5. The number of ether oxygens (including phenoxy) is 1. The van der Waals surface area contributed by atoms with Gasteiger partial charge in [0.25, 0.3) is 5.91 Å². The van der Waals surface area contributed by atoms with Crippen molar-refractivity contribution in [2.75, 3.05) is 13.2 Å². The van der Waals surface area contributed by atoms with Crippen LogP contribution in [0.25, 0.3) is 0 Å². The molecule has 0 aliphatic carbocycles. The monoisotopic (exact) mass is 410 g/mol. The number of carbonyl (C=O) groups is 2. The Balaban J connectivity index is 2.21. The van der Waals surface area contributed by atoms with E-state index in [-0.39, 0.29) is 18.4 Å². The Kier molecular flexibility index (Phi) is 8.90. The van der Waals surface area contributed by atoms with Crippen molar-refractivity contribution in [3.63, 3.8) is 0 Å². The third-order valence-electron chi connectivity index (χ3n) is 5.02. The number of amides is 2. The molecule has 0 radical (unpaired) electrons. The summed E-state index contributed by atoms with van der Waals surface area (Å²) in [6.45, 7) is 10.9. The normalized spacial score (nSPS) is 11.8. The van der Waals surface area contributed by atoms with Crippen LogP contribution in [0, 0.1) is 19.8 Å². The SMILES string of the molecule is CCC(C(=O)NCC(C)C)N(Cc1ccccc1C)C(=O)COc1cccc(C)c1. The largest absolute Gasteiger partial charge is 0.484 e. The molecule has 2 amide bonds. The number of nitrogens with zero attached hydrogens (tertiary/aromatic N) is 1. The van der Waals surface area contributed by atoms with Crippen molar-refractivity contribution in [3.05, 3.63) is 65.2 Å². The van der Waals surface area contributed by atoms with Crippen molar-refractivity contribution in [3.8, 4) is 5.75 Å². The highest BCUT2D eigenvalue weighted by Crippen LogP contribution is 2.17. The quantitative estimate of drug-likeness (QED) is 0.637. The molecule has 0 aliphatic heterocycles. The van der Waals surface area contributed by atoms with E-state index in [1.165, 1.54) is 0 Å². The van der Waals surface area contributed by atoms with Crippen LogP contribution in [0.1, 0.15) is 43.9 Å². The predicted molar refractivity (Wildman–Crippen MR) is 120 cm³/mol. The Hall–Kier alpha value is -2.82. The summed E-state index contributed by atoms with van der Waals surface area (Å²) in [6.07, 6.45) is 0.534. The minimum atomic E-state index is -0.544. The molecule has 1 unspecified atom stereocenters. The molecule has 0 spiro atoms. The number of benzene rings is 2. The van der Waals surface area contributed by atoms with Gasteiger partial charge in [-0.15, -0.1) is 0 Å². The number of hydrogen-bond donors (Lipinski definition) is 1.